The van der Waals surface area contributed by atoms with Crippen LogP contribution in [0.25, 0.3) is 0 Å². The molecular formula is C9H12ClNO2. The predicted octanol–water partition coefficient (Wildman–Crippen LogP) is 1.13. The van der Waals surface area contributed by atoms with Gasteiger partial charge in [-0.3, -0.25) is 0 Å². The van der Waals surface area contributed by atoms with E-state index < -0.39 is 0 Å². The molecule has 0 aromatic heterocycles. The monoisotopic (exact) mass is 201 g/mol. The van der Waals surface area contributed by atoms with Crippen LogP contribution in [0, 0.1) is 0 Å². The second-order valence-corrected chi connectivity index (χ2v) is 3.06. The Morgan fingerprint density at radius 2 is 2.15 bits per heavy atom. The molecule has 0 aliphatic carbocycles. The van der Waals surface area contributed by atoms with Crippen molar-refractivity contribution in [2.24, 2.45) is 0 Å². The minimum Gasteiger partial charge on any atom is -0.506 e. The first-order valence-corrected chi connectivity index (χ1v) is 4.41. The number of halogens is 1. The van der Waals surface area contributed by atoms with Gasteiger partial charge in [0, 0.05) is 18.7 Å². The summed E-state index contributed by atoms with van der Waals surface area (Å²) in [5, 5.41) is 21.3. The van der Waals surface area contributed by atoms with Crippen LogP contribution in [0.15, 0.2) is 18.2 Å². The summed E-state index contributed by atoms with van der Waals surface area (Å²) < 4.78 is 0. The lowest BCUT2D eigenvalue weighted by molar-refractivity contribution is 0.291. The van der Waals surface area contributed by atoms with Crippen LogP contribution in [0.4, 0.5) is 0 Å². The number of aromatic hydroxyl groups is 1. The molecule has 3 N–H and O–H groups in total. The Balaban J connectivity index is 2.61. The second kappa shape index (κ2) is 5.07. The quantitative estimate of drug-likeness (QED) is 0.641. The zero-order valence-corrected chi connectivity index (χ0v) is 7.88. The van der Waals surface area contributed by atoms with Crippen molar-refractivity contribution in [3.8, 4) is 5.75 Å². The molecule has 0 aliphatic rings. The van der Waals surface area contributed by atoms with Gasteiger partial charge < -0.3 is 15.5 Å². The third kappa shape index (κ3) is 2.88. The lowest BCUT2D eigenvalue weighted by Gasteiger charge is -2.06. The average molecular weight is 202 g/mol. The van der Waals surface area contributed by atoms with Crippen LogP contribution in [0.2, 0.25) is 5.02 Å². The standard InChI is InChI=1S/C9H12ClNO2/c10-8-3-1-2-7(9(8)13)6-11-4-5-12/h1-3,11-13H,4-6H2. The molecule has 0 saturated heterocycles. The zero-order valence-electron chi connectivity index (χ0n) is 7.13. The molecule has 72 valence electrons. The van der Waals surface area contributed by atoms with Gasteiger partial charge in [-0.1, -0.05) is 23.7 Å². The summed E-state index contributed by atoms with van der Waals surface area (Å²) in [6, 6.07) is 5.19. The molecule has 1 aromatic rings. The number of aliphatic hydroxyl groups excluding tert-OH is 1. The molecule has 0 heterocycles. The van der Waals surface area contributed by atoms with Gasteiger partial charge in [-0.05, 0) is 6.07 Å². The van der Waals surface area contributed by atoms with E-state index in [1.807, 2.05) is 0 Å². The van der Waals surface area contributed by atoms with Gasteiger partial charge in [0.05, 0.1) is 11.6 Å². The summed E-state index contributed by atoms with van der Waals surface area (Å²) in [5.41, 5.74) is 0.737. The number of phenols is 1. The smallest absolute Gasteiger partial charge is 0.138 e. The summed E-state index contributed by atoms with van der Waals surface area (Å²) in [6.45, 7) is 1.10. The molecule has 0 unspecified atom stereocenters. The summed E-state index contributed by atoms with van der Waals surface area (Å²) >= 11 is 5.70. The maximum atomic E-state index is 9.46. The number of benzene rings is 1. The Labute approximate surface area is 82.0 Å². The largest absolute Gasteiger partial charge is 0.506 e. The molecule has 3 nitrogen and oxygen atoms in total. The van der Waals surface area contributed by atoms with Crippen molar-refractivity contribution >= 4 is 11.6 Å². The van der Waals surface area contributed by atoms with Gasteiger partial charge in [0.2, 0.25) is 0 Å². The van der Waals surface area contributed by atoms with E-state index in [-0.39, 0.29) is 12.4 Å². The molecular weight excluding hydrogens is 190 g/mol. The highest BCUT2D eigenvalue weighted by molar-refractivity contribution is 6.32. The molecule has 0 saturated carbocycles. The average Bonchev–Trinajstić information content (AvgIpc) is 2.13. The summed E-state index contributed by atoms with van der Waals surface area (Å²) in [4.78, 5) is 0. The molecule has 1 aromatic carbocycles. The highest BCUT2D eigenvalue weighted by Gasteiger charge is 2.03. The third-order valence-corrected chi connectivity index (χ3v) is 1.98. The summed E-state index contributed by atoms with van der Waals surface area (Å²) in [7, 11) is 0. The fraction of sp³-hybridized carbons (Fsp3) is 0.333. The number of hydrogen-bond donors (Lipinski definition) is 3. The van der Waals surface area contributed by atoms with E-state index in [4.69, 9.17) is 16.7 Å². The first-order chi connectivity index (χ1) is 6.25. The topological polar surface area (TPSA) is 52.5 Å². The fourth-order valence-electron chi connectivity index (χ4n) is 1.00. The van der Waals surface area contributed by atoms with Gasteiger partial charge in [0.25, 0.3) is 0 Å². The third-order valence-electron chi connectivity index (χ3n) is 1.67. The molecule has 1 rings (SSSR count). The number of rotatable bonds is 4. The van der Waals surface area contributed by atoms with Gasteiger partial charge >= 0.3 is 0 Å². The highest BCUT2D eigenvalue weighted by atomic mass is 35.5. The lowest BCUT2D eigenvalue weighted by atomic mass is 10.2. The van der Waals surface area contributed by atoms with Crippen LogP contribution in [0.3, 0.4) is 0 Å². The van der Waals surface area contributed by atoms with Gasteiger partial charge in [-0.25, -0.2) is 0 Å². The Kier molecular flexibility index (Phi) is 4.02. The predicted molar refractivity (Wildman–Crippen MR) is 51.9 cm³/mol. The minimum absolute atomic E-state index is 0.0847. The van der Waals surface area contributed by atoms with E-state index in [9.17, 15) is 5.11 Å². The molecule has 13 heavy (non-hydrogen) atoms. The lowest BCUT2D eigenvalue weighted by Crippen LogP contribution is -2.17. The Hall–Kier alpha value is -0.770. The van der Waals surface area contributed by atoms with E-state index in [0.717, 1.165) is 5.56 Å². The first-order valence-electron chi connectivity index (χ1n) is 4.03. The Bertz CT molecular complexity index is 278. The van der Waals surface area contributed by atoms with Gasteiger partial charge in [-0.2, -0.15) is 0 Å². The Morgan fingerprint density at radius 3 is 2.85 bits per heavy atom. The minimum atomic E-state index is 0.0847. The van der Waals surface area contributed by atoms with Gasteiger partial charge in [0.1, 0.15) is 5.75 Å². The van der Waals surface area contributed by atoms with Crippen LogP contribution in [-0.2, 0) is 6.54 Å². The highest BCUT2D eigenvalue weighted by Crippen LogP contribution is 2.26. The van der Waals surface area contributed by atoms with Crippen molar-refractivity contribution in [2.45, 2.75) is 6.54 Å². The van der Waals surface area contributed by atoms with E-state index in [2.05, 4.69) is 5.32 Å². The van der Waals surface area contributed by atoms with Crippen LogP contribution >= 0.6 is 11.6 Å². The van der Waals surface area contributed by atoms with Gasteiger partial charge in [0.15, 0.2) is 0 Å². The molecule has 0 amide bonds. The zero-order chi connectivity index (χ0) is 9.68. The molecule has 0 atom stereocenters. The van der Waals surface area contributed by atoms with Crippen LogP contribution in [0.5, 0.6) is 5.75 Å². The van der Waals surface area contributed by atoms with Crippen molar-refractivity contribution in [3.63, 3.8) is 0 Å². The molecule has 0 radical (unpaired) electrons. The summed E-state index contributed by atoms with van der Waals surface area (Å²) in [6.07, 6.45) is 0. The Morgan fingerprint density at radius 1 is 1.38 bits per heavy atom. The van der Waals surface area contributed by atoms with Crippen molar-refractivity contribution in [3.05, 3.63) is 28.8 Å². The molecule has 4 heteroatoms. The molecule has 0 spiro atoms. The maximum Gasteiger partial charge on any atom is 0.138 e. The number of para-hydroxylation sites is 1. The van der Waals surface area contributed by atoms with E-state index in [0.29, 0.717) is 18.1 Å². The number of phenolic OH excluding ortho intramolecular Hbond substituents is 1. The van der Waals surface area contributed by atoms with Crippen LogP contribution in [-0.4, -0.2) is 23.4 Å². The number of nitrogens with one attached hydrogen (secondary N) is 1. The van der Waals surface area contributed by atoms with E-state index in [1.165, 1.54) is 0 Å². The van der Waals surface area contributed by atoms with E-state index >= 15 is 0 Å². The first kappa shape index (κ1) is 10.3. The molecule has 0 bridgehead atoms. The van der Waals surface area contributed by atoms with Crippen molar-refractivity contribution in [2.75, 3.05) is 13.2 Å². The van der Waals surface area contributed by atoms with Gasteiger partial charge in [-0.15, -0.1) is 0 Å². The SMILES string of the molecule is OCCNCc1cccc(Cl)c1O. The van der Waals surface area contributed by atoms with Crippen LogP contribution < -0.4 is 5.32 Å². The fourth-order valence-corrected chi connectivity index (χ4v) is 1.20. The van der Waals surface area contributed by atoms with Crippen molar-refractivity contribution in [1.82, 2.24) is 5.32 Å². The molecule has 0 aliphatic heterocycles. The normalized spacial score (nSPS) is 10.3. The van der Waals surface area contributed by atoms with E-state index in [1.54, 1.807) is 18.2 Å². The second-order valence-electron chi connectivity index (χ2n) is 2.65. The van der Waals surface area contributed by atoms with Crippen molar-refractivity contribution in [1.29, 1.82) is 0 Å². The maximum absolute atomic E-state index is 9.46. The molecule has 0 fully saturated rings. The van der Waals surface area contributed by atoms with Crippen LogP contribution in [0.1, 0.15) is 5.56 Å². The number of hydrogen-bond acceptors (Lipinski definition) is 3. The number of aliphatic hydroxyl groups is 1. The van der Waals surface area contributed by atoms with Crippen molar-refractivity contribution < 1.29 is 10.2 Å². The summed E-state index contributed by atoms with van der Waals surface area (Å²) in [5.74, 6) is 0.106.